The minimum atomic E-state index is -0.525. The molecule has 2 aromatic heterocycles. The molecule has 1 atom stereocenters. The molecule has 0 unspecified atom stereocenters. The van der Waals surface area contributed by atoms with Gasteiger partial charge in [0.2, 0.25) is 11.0 Å². The predicted molar refractivity (Wildman–Crippen MR) is 181 cm³/mol. The molecule has 3 N–H and O–H groups in total. The van der Waals surface area contributed by atoms with Crippen molar-refractivity contribution in [3.63, 3.8) is 0 Å². The third-order valence-corrected chi connectivity index (χ3v) is 9.17. The van der Waals surface area contributed by atoms with Crippen LogP contribution in [0.1, 0.15) is 30.0 Å². The van der Waals surface area contributed by atoms with Crippen molar-refractivity contribution in [1.82, 2.24) is 15.5 Å². The Labute approximate surface area is 272 Å². The second-order valence-corrected chi connectivity index (χ2v) is 13.4. The molecule has 228 valence electrons. The van der Waals surface area contributed by atoms with E-state index in [1.54, 1.807) is 54.2 Å². The average molecular weight is 656 g/mol. The molecule has 0 aliphatic rings. The largest absolute Gasteiger partial charge is 0.457 e. The molecule has 0 fully saturated rings. The van der Waals surface area contributed by atoms with Crippen molar-refractivity contribution >= 4 is 69.5 Å². The standard InChI is InChI=1S/C33H29N5O4S3/c1-3-43-33-38-37-32(45-33)36-29(39)21(2)44-26-17-14-24(15-18-26)34-31(41)27(35-30(40)23-12-8-5-9-13-23)20-25-16-19-28(42-25)22-10-6-4-7-11-22/h4-21H,3H2,1-2H3,(H,34,41)(H,35,40)(H,36,37,39)/b27-20+/t21-/m0/s1. The summed E-state index contributed by atoms with van der Waals surface area (Å²) in [6, 6.07) is 28.9. The molecule has 0 aliphatic carbocycles. The molecule has 0 aliphatic heterocycles. The first-order valence-electron chi connectivity index (χ1n) is 14.0. The maximum Gasteiger partial charge on any atom is 0.272 e. The topological polar surface area (TPSA) is 126 Å². The number of carbonyl (C=O) groups excluding carboxylic acids is 3. The number of nitrogens with one attached hydrogen (secondary N) is 3. The highest BCUT2D eigenvalue weighted by atomic mass is 32.2. The normalized spacial score (nSPS) is 11.9. The van der Waals surface area contributed by atoms with Crippen LogP contribution in [0.25, 0.3) is 17.4 Å². The van der Waals surface area contributed by atoms with E-state index in [0.29, 0.717) is 27.9 Å². The van der Waals surface area contributed by atoms with E-state index in [4.69, 9.17) is 4.42 Å². The number of anilines is 2. The number of hydrogen-bond donors (Lipinski definition) is 3. The van der Waals surface area contributed by atoms with Gasteiger partial charge in [0.1, 0.15) is 17.2 Å². The number of hydrogen-bond acceptors (Lipinski definition) is 9. The highest BCUT2D eigenvalue weighted by molar-refractivity contribution is 8.01. The Morgan fingerprint density at radius 2 is 1.60 bits per heavy atom. The van der Waals surface area contributed by atoms with Crippen LogP contribution in [0.15, 0.2) is 116 Å². The Kier molecular flexibility index (Phi) is 10.9. The Hall–Kier alpha value is -4.65. The SMILES string of the molecule is CCSc1nnc(NC(=O)[C@H](C)Sc2ccc(NC(=O)/C(=C\c3ccc(-c4ccccc4)o3)NC(=O)c3ccccc3)cc2)s1. The number of carbonyl (C=O) groups is 3. The highest BCUT2D eigenvalue weighted by Gasteiger charge is 2.19. The lowest BCUT2D eigenvalue weighted by molar-refractivity contribution is -0.115. The van der Waals surface area contributed by atoms with Crippen LogP contribution in [0.3, 0.4) is 0 Å². The van der Waals surface area contributed by atoms with Crippen molar-refractivity contribution in [3.05, 3.63) is 114 Å². The first-order valence-corrected chi connectivity index (χ1v) is 16.6. The van der Waals surface area contributed by atoms with Gasteiger partial charge in [-0.3, -0.25) is 19.7 Å². The highest BCUT2D eigenvalue weighted by Crippen LogP contribution is 2.29. The summed E-state index contributed by atoms with van der Waals surface area (Å²) < 4.78 is 6.77. The zero-order valence-corrected chi connectivity index (χ0v) is 26.8. The quantitative estimate of drug-likeness (QED) is 0.0720. The van der Waals surface area contributed by atoms with Gasteiger partial charge < -0.3 is 15.1 Å². The third kappa shape index (κ3) is 8.94. The van der Waals surface area contributed by atoms with Crippen LogP contribution < -0.4 is 16.0 Å². The smallest absolute Gasteiger partial charge is 0.272 e. The van der Waals surface area contributed by atoms with E-state index >= 15 is 0 Å². The van der Waals surface area contributed by atoms with Crippen LogP contribution in [-0.4, -0.2) is 38.9 Å². The molecule has 0 saturated heterocycles. The summed E-state index contributed by atoms with van der Waals surface area (Å²) >= 11 is 4.29. The molecule has 12 heteroatoms. The van der Waals surface area contributed by atoms with Gasteiger partial charge in [-0.05, 0) is 61.2 Å². The minimum absolute atomic E-state index is 0.0127. The summed E-state index contributed by atoms with van der Waals surface area (Å²) in [6.45, 7) is 3.84. The maximum atomic E-state index is 13.4. The fourth-order valence-corrected chi connectivity index (χ4v) is 6.51. The van der Waals surface area contributed by atoms with E-state index < -0.39 is 17.1 Å². The molecule has 3 aromatic carbocycles. The minimum Gasteiger partial charge on any atom is -0.457 e. The zero-order chi connectivity index (χ0) is 31.6. The number of aromatic nitrogens is 2. The maximum absolute atomic E-state index is 13.4. The molecule has 2 heterocycles. The molecule has 0 saturated carbocycles. The van der Waals surface area contributed by atoms with E-state index in [1.165, 1.54) is 29.2 Å². The van der Waals surface area contributed by atoms with E-state index in [1.807, 2.05) is 68.4 Å². The summed E-state index contributed by atoms with van der Waals surface area (Å²) in [7, 11) is 0. The lowest BCUT2D eigenvalue weighted by Gasteiger charge is -2.12. The molecule has 5 rings (SSSR count). The van der Waals surface area contributed by atoms with Crippen LogP contribution in [0.2, 0.25) is 0 Å². The van der Waals surface area contributed by atoms with Crippen LogP contribution in [-0.2, 0) is 9.59 Å². The van der Waals surface area contributed by atoms with Gasteiger partial charge in [-0.1, -0.05) is 78.6 Å². The second kappa shape index (κ2) is 15.4. The van der Waals surface area contributed by atoms with Crippen molar-refractivity contribution in [2.24, 2.45) is 0 Å². The molecule has 9 nitrogen and oxygen atoms in total. The van der Waals surface area contributed by atoms with E-state index in [2.05, 4.69) is 26.1 Å². The van der Waals surface area contributed by atoms with Crippen molar-refractivity contribution in [3.8, 4) is 11.3 Å². The molecular formula is C33H29N5O4S3. The van der Waals surface area contributed by atoms with Gasteiger partial charge in [0.05, 0.1) is 5.25 Å². The van der Waals surface area contributed by atoms with Gasteiger partial charge in [-0.25, -0.2) is 0 Å². The van der Waals surface area contributed by atoms with Gasteiger partial charge in [-0.2, -0.15) is 0 Å². The van der Waals surface area contributed by atoms with Gasteiger partial charge >= 0.3 is 0 Å². The van der Waals surface area contributed by atoms with Crippen LogP contribution in [0, 0.1) is 0 Å². The van der Waals surface area contributed by atoms with Gasteiger partial charge in [0.25, 0.3) is 11.8 Å². The average Bonchev–Trinajstić information content (AvgIpc) is 3.72. The van der Waals surface area contributed by atoms with Crippen LogP contribution >= 0.6 is 34.9 Å². The Bertz CT molecular complexity index is 1790. The number of thioether (sulfide) groups is 2. The number of benzene rings is 3. The number of nitrogens with zero attached hydrogens (tertiary/aromatic N) is 2. The van der Waals surface area contributed by atoms with Crippen molar-refractivity contribution in [2.75, 3.05) is 16.4 Å². The summed E-state index contributed by atoms with van der Waals surface area (Å²) in [4.78, 5) is 39.9. The lowest BCUT2D eigenvalue weighted by atomic mass is 10.2. The Morgan fingerprint density at radius 3 is 2.31 bits per heavy atom. The molecule has 45 heavy (non-hydrogen) atoms. The fraction of sp³-hybridized carbons (Fsp3) is 0.121. The summed E-state index contributed by atoms with van der Waals surface area (Å²) in [5.74, 6) is 0.780. The number of furan rings is 1. The molecular weight excluding hydrogens is 627 g/mol. The zero-order valence-electron chi connectivity index (χ0n) is 24.4. The van der Waals surface area contributed by atoms with Gasteiger partial charge in [-0.15, -0.1) is 22.0 Å². The molecule has 0 spiro atoms. The Balaban J connectivity index is 1.26. The number of amides is 3. The molecule has 0 bridgehead atoms. The lowest BCUT2D eigenvalue weighted by Crippen LogP contribution is -2.30. The molecule has 0 radical (unpaired) electrons. The number of rotatable bonds is 12. The van der Waals surface area contributed by atoms with E-state index in [0.717, 1.165) is 20.6 Å². The first kappa shape index (κ1) is 31.8. The van der Waals surface area contributed by atoms with Crippen molar-refractivity contribution < 1.29 is 18.8 Å². The summed E-state index contributed by atoms with van der Waals surface area (Å²) in [5.41, 5.74) is 1.83. The molecule has 5 aromatic rings. The van der Waals surface area contributed by atoms with Gasteiger partial charge in [0.15, 0.2) is 4.34 Å². The first-order chi connectivity index (χ1) is 21.9. The van der Waals surface area contributed by atoms with E-state index in [9.17, 15) is 14.4 Å². The summed E-state index contributed by atoms with van der Waals surface area (Å²) in [6.07, 6.45) is 1.50. The van der Waals surface area contributed by atoms with Crippen LogP contribution in [0.4, 0.5) is 10.8 Å². The third-order valence-electron chi connectivity index (χ3n) is 6.20. The Morgan fingerprint density at radius 1 is 0.889 bits per heavy atom. The predicted octanol–water partition coefficient (Wildman–Crippen LogP) is 7.44. The summed E-state index contributed by atoms with van der Waals surface area (Å²) in [5, 5.41) is 16.5. The molecule has 3 amide bonds. The van der Waals surface area contributed by atoms with Gasteiger partial charge in [0, 0.05) is 27.8 Å². The fourth-order valence-electron chi connectivity index (χ4n) is 3.99. The second-order valence-electron chi connectivity index (χ2n) is 9.48. The van der Waals surface area contributed by atoms with Crippen molar-refractivity contribution in [2.45, 2.75) is 28.3 Å². The monoisotopic (exact) mass is 655 g/mol. The van der Waals surface area contributed by atoms with Crippen LogP contribution in [0.5, 0.6) is 0 Å². The van der Waals surface area contributed by atoms with E-state index in [-0.39, 0.29) is 11.6 Å². The van der Waals surface area contributed by atoms with Crippen molar-refractivity contribution in [1.29, 1.82) is 0 Å².